The molecule has 1 aromatic heterocycles. The van der Waals surface area contributed by atoms with E-state index in [0.717, 1.165) is 10.5 Å². The van der Waals surface area contributed by atoms with Gasteiger partial charge in [-0.3, -0.25) is 24.1 Å². The molecule has 0 aliphatic carbocycles. The van der Waals surface area contributed by atoms with E-state index in [-0.39, 0.29) is 43.6 Å². The summed E-state index contributed by atoms with van der Waals surface area (Å²) < 4.78 is 5.74. The van der Waals surface area contributed by atoms with Gasteiger partial charge in [0.05, 0.1) is 24.5 Å². The van der Waals surface area contributed by atoms with Gasteiger partial charge in [0, 0.05) is 37.4 Å². The Bertz CT molecular complexity index is 1500. The number of H-pyrrole nitrogens is 1. The van der Waals surface area contributed by atoms with E-state index in [0.29, 0.717) is 37.3 Å². The fraction of sp³-hybridized carbons (Fsp3) is 0.513. The summed E-state index contributed by atoms with van der Waals surface area (Å²) in [6, 6.07) is 14.3. The van der Waals surface area contributed by atoms with Crippen LogP contribution in [0.1, 0.15) is 64.6 Å². The molecule has 13 heteroatoms. The van der Waals surface area contributed by atoms with Crippen LogP contribution in [-0.2, 0) is 32.0 Å². The van der Waals surface area contributed by atoms with Crippen LogP contribution >= 0.6 is 0 Å². The lowest BCUT2D eigenvalue weighted by Crippen LogP contribution is -2.60. The normalized spacial score (nSPS) is 14.2. The van der Waals surface area contributed by atoms with Crippen molar-refractivity contribution in [3.8, 4) is 5.75 Å². The Morgan fingerprint density at radius 1 is 0.923 bits per heavy atom. The summed E-state index contributed by atoms with van der Waals surface area (Å²) in [5.74, 6) is -2.43. The van der Waals surface area contributed by atoms with Gasteiger partial charge >= 0.3 is 0 Å². The first-order valence-electron chi connectivity index (χ1n) is 18.1. The molecule has 0 aliphatic heterocycles. The molecule has 0 spiro atoms. The van der Waals surface area contributed by atoms with Crippen molar-refractivity contribution in [2.24, 2.45) is 23.5 Å². The molecule has 0 aliphatic rings. The Morgan fingerprint density at radius 3 is 2.19 bits per heavy atom. The molecule has 5 atom stereocenters. The monoisotopic (exact) mass is 720 g/mol. The third-order valence-electron chi connectivity index (χ3n) is 8.62. The minimum Gasteiger partial charge on any atom is -0.484 e. The molecule has 1 heterocycles. The predicted molar refractivity (Wildman–Crippen MR) is 198 cm³/mol. The average molecular weight is 721 g/mol. The number of nitrogens with zero attached hydrogens (tertiary/aromatic N) is 2. The number of benzene rings is 2. The van der Waals surface area contributed by atoms with Crippen LogP contribution in [-0.4, -0.2) is 92.7 Å². The number of carbonyl (C=O) groups excluding carboxylic acids is 4. The zero-order valence-electron chi connectivity index (χ0n) is 30.7. The van der Waals surface area contributed by atoms with Crippen molar-refractivity contribution in [2.45, 2.75) is 90.4 Å². The van der Waals surface area contributed by atoms with E-state index in [4.69, 9.17) is 10.5 Å². The van der Waals surface area contributed by atoms with Crippen LogP contribution < -0.4 is 21.1 Å². The van der Waals surface area contributed by atoms with Gasteiger partial charge in [0.1, 0.15) is 11.8 Å². The van der Waals surface area contributed by atoms with Crippen molar-refractivity contribution in [2.75, 3.05) is 19.8 Å². The maximum Gasteiger partial charge on any atom is 0.267 e. The topological polar surface area (TPSA) is 200 Å². The van der Waals surface area contributed by atoms with Crippen LogP contribution in [0.25, 0.3) is 0 Å². The Morgan fingerprint density at radius 2 is 1.60 bits per heavy atom. The number of hydrogen-bond donors (Lipinski definition) is 6. The van der Waals surface area contributed by atoms with E-state index in [1.807, 2.05) is 58.0 Å². The molecule has 52 heavy (non-hydrogen) atoms. The molecule has 3 rings (SSSR count). The molecular formula is C39H56N6O7. The second-order valence-electron chi connectivity index (χ2n) is 14.0. The lowest BCUT2D eigenvalue weighted by molar-refractivity contribution is -0.154. The van der Waals surface area contributed by atoms with Crippen molar-refractivity contribution >= 4 is 23.6 Å². The van der Waals surface area contributed by atoms with Crippen molar-refractivity contribution in [3.63, 3.8) is 0 Å². The molecule has 2 aromatic carbocycles. The Labute approximate surface area is 306 Å². The number of carbonyl (C=O) groups is 4. The number of imide groups is 1. The highest BCUT2D eigenvalue weighted by molar-refractivity contribution is 6.03. The third kappa shape index (κ3) is 13.9. The predicted octanol–water partition coefficient (Wildman–Crippen LogP) is 2.77. The highest BCUT2D eigenvalue weighted by Crippen LogP contribution is 2.21. The number of aromatic nitrogens is 2. The molecule has 0 saturated heterocycles. The summed E-state index contributed by atoms with van der Waals surface area (Å²) in [7, 11) is 0. The largest absolute Gasteiger partial charge is 0.484 e. The van der Waals surface area contributed by atoms with Crippen LogP contribution in [0, 0.1) is 17.8 Å². The van der Waals surface area contributed by atoms with Crippen molar-refractivity contribution in [1.29, 1.82) is 0 Å². The molecule has 284 valence electrons. The van der Waals surface area contributed by atoms with Gasteiger partial charge in [-0.15, -0.1) is 0 Å². The minimum atomic E-state index is -1.40. The number of aliphatic hydroxyl groups excluding tert-OH is 2. The number of nitrogens with one attached hydrogen (secondary N) is 3. The number of aromatic amines is 1. The molecule has 0 bridgehead atoms. The fourth-order valence-electron chi connectivity index (χ4n) is 5.92. The molecular weight excluding hydrogens is 664 g/mol. The van der Waals surface area contributed by atoms with Crippen LogP contribution in [0.15, 0.2) is 73.2 Å². The molecule has 7 N–H and O–H groups in total. The molecule has 0 fully saturated rings. The fourth-order valence-corrected chi connectivity index (χ4v) is 5.92. The summed E-state index contributed by atoms with van der Waals surface area (Å²) in [6.07, 6.45) is 2.86. The summed E-state index contributed by atoms with van der Waals surface area (Å²) in [4.78, 5) is 63.7. The standard InChI is InChI=1S/C39H56N6O7/c1-26(2)18-33(35(47)20-29(14-11-17-46)37(49)42-22-27(3)4)44-38(50)34(21-30-23-41-25-43-30)45(36(48)24-52-31-15-9-6-10-16-31)39(51)32(40)19-28-12-7-5-8-13-28/h5-10,12-13,15-16,23,25-27,29,32-35,46-47H,11,14,17-22,24,40H2,1-4H3,(H,41,43)(H,42,49)(H,44,50)/t29?,32-,33-,34-,35-/m0/s1. The molecule has 4 amide bonds. The number of imidazole rings is 1. The maximum atomic E-state index is 14.4. The van der Waals surface area contributed by atoms with Gasteiger partial charge in [-0.2, -0.15) is 0 Å². The van der Waals surface area contributed by atoms with Crippen molar-refractivity contribution in [1.82, 2.24) is 25.5 Å². The second-order valence-corrected chi connectivity index (χ2v) is 14.0. The van der Waals surface area contributed by atoms with Gasteiger partial charge in [-0.1, -0.05) is 76.2 Å². The summed E-state index contributed by atoms with van der Waals surface area (Å²) in [5.41, 5.74) is 7.72. The van der Waals surface area contributed by atoms with Gasteiger partial charge in [0.15, 0.2) is 6.61 Å². The number of ether oxygens (including phenoxy) is 1. The highest BCUT2D eigenvalue weighted by atomic mass is 16.5. The highest BCUT2D eigenvalue weighted by Gasteiger charge is 2.39. The van der Waals surface area contributed by atoms with Crippen LogP contribution in [0.3, 0.4) is 0 Å². The number of nitrogens with two attached hydrogens (primary N) is 1. The average Bonchev–Trinajstić information content (AvgIpc) is 3.64. The van der Waals surface area contributed by atoms with Gasteiger partial charge in [-0.05, 0) is 61.6 Å². The number of hydrogen-bond acceptors (Lipinski definition) is 9. The van der Waals surface area contributed by atoms with Crippen LogP contribution in [0.4, 0.5) is 0 Å². The van der Waals surface area contributed by atoms with Gasteiger partial charge in [0.2, 0.25) is 17.7 Å². The Balaban J connectivity index is 1.96. The molecule has 0 radical (unpaired) electrons. The van der Waals surface area contributed by atoms with E-state index < -0.39 is 54.5 Å². The van der Waals surface area contributed by atoms with E-state index in [1.165, 1.54) is 12.5 Å². The van der Waals surface area contributed by atoms with E-state index in [1.54, 1.807) is 30.3 Å². The number of rotatable bonds is 22. The zero-order valence-corrected chi connectivity index (χ0v) is 30.7. The lowest BCUT2D eigenvalue weighted by atomic mass is 9.89. The van der Waals surface area contributed by atoms with E-state index >= 15 is 0 Å². The quantitative estimate of drug-likeness (QED) is 0.0904. The number of amides is 4. The maximum absolute atomic E-state index is 14.4. The van der Waals surface area contributed by atoms with E-state index in [9.17, 15) is 29.4 Å². The number of aliphatic hydroxyl groups is 2. The van der Waals surface area contributed by atoms with Gasteiger partial charge in [0.25, 0.3) is 5.91 Å². The van der Waals surface area contributed by atoms with Crippen LogP contribution in [0.2, 0.25) is 0 Å². The lowest BCUT2D eigenvalue weighted by Gasteiger charge is -2.34. The molecule has 13 nitrogen and oxygen atoms in total. The number of para-hydroxylation sites is 1. The molecule has 0 saturated carbocycles. The second kappa shape index (κ2) is 21.7. The van der Waals surface area contributed by atoms with E-state index in [2.05, 4.69) is 20.6 Å². The summed E-state index contributed by atoms with van der Waals surface area (Å²) in [6.45, 7) is 7.65. The zero-order chi connectivity index (χ0) is 38.0. The molecule has 3 aromatic rings. The minimum absolute atomic E-state index is 0.0228. The Hall–Kier alpha value is -4.59. The molecule has 1 unspecified atom stereocenters. The first-order chi connectivity index (χ1) is 24.9. The first kappa shape index (κ1) is 41.8. The first-order valence-corrected chi connectivity index (χ1v) is 18.1. The van der Waals surface area contributed by atoms with Crippen molar-refractivity contribution < 1.29 is 34.1 Å². The SMILES string of the molecule is CC(C)CNC(=O)C(CCCO)C[C@H](O)[C@H](CC(C)C)NC(=O)[C@H](Cc1cnc[nH]1)N(C(=O)COc1ccccc1)C(=O)[C@@H](N)Cc1ccccc1. The summed E-state index contributed by atoms with van der Waals surface area (Å²) >= 11 is 0. The Kier molecular flexibility index (Phi) is 17.5. The van der Waals surface area contributed by atoms with Gasteiger partial charge < -0.3 is 36.3 Å². The third-order valence-corrected chi connectivity index (χ3v) is 8.62. The van der Waals surface area contributed by atoms with Crippen LogP contribution in [0.5, 0.6) is 5.75 Å². The summed E-state index contributed by atoms with van der Waals surface area (Å²) in [5, 5.41) is 26.9. The van der Waals surface area contributed by atoms with Gasteiger partial charge in [-0.25, -0.2) is 4.98 Å². The smallest absolute Gasteiger partial charge is 0.267 e. The van der Waals surface area contributed by atoms with Crippen molar-refractivity contribution in [3.05, 3.63) is 84.4 Å².